The Hall–Kier alpha value is -2.43. The van der Waals surface area contributed by atoms with E-state index in [0.29, 0.717) is 5.56 Å². The summed E-state index contributed by atoms with van der Waals surface area (Å²) in [6.45, 7) is 3.38. The lowest BCUT2D eigenvalue weighted by atomic mass is 10.1. The minimum absolute atomic E-state index is 0.716. The number of hydrogen-bond donors (Lipinski definition) is 0. The van der Waals surface area contributed by atoms with Crippen molar-refractivity contribution in [2.75, 3.05) is 36.0 Å². The first-order chi connectivity index (χ1) is 9.88. The van der Waals surface area contributed by atoms with Crippen molar-refractivity contribution >= 4 is 17.9 Å². The monoisotopic (exact) mass is 267 g/mol. The van der Waals surface area contributed by atoms with Crippen molar-refractivity contribution in [3.8, 4) is 0 Å². The number of hydrogen-bond acceptors (Lipinski definition) is 5. The second-order valence-electron chi connectivity index (χ2n) is 4.63. The fraction of sp³-hybridized carbons (Fsp3) is 0.267. The molecule has 1 aromatic carbocycles. The van der Waals surface area contributed by atoms with Crippen LogP contribution in [0.1, 0.15) is 10.4 Å². The van der Waals surface area contributed by atoms with E-state index in [1.165, 1.54) is 0 Å². The summed E-state index contributed by atoms with van der Waals surface area (Å²) in [7, 11) is 0. The molecule has 2 heterocycles. The Bertz CT molecular complexity index is 579. The van der Waals surface area contributed by atoms with Crippen LogP contribution in [-0.4, -0.2) is 42.4 Å². The van der Waals surface area contributed by atoms with Gasteiger partial charge in [-0.15, -0.1) is 0 Å². The molecule has 1 saturated heterocycles. The van der Waals surface area contributed by atoms with Crippen molar-refractivity contribution in [3.05, 3.63) is 48.3 Å². The number of piperazine rings is 1. The fourth-order valence-corrected chi connectivity index (χ4v) is 2.41. The van der Waals surface area contributed by atoms with Gasteiger partial charge in [0.05, 0.1) is 0 Å². The van der Waals surface area contributed by atoms with E-state index in [1.54, 1.807) is 24.5 Å². The molecular formula is C15H15N4O. The molecule has 3 rings (SSSR count). The van der Waals surface area contributed by atoms with Gasteiger partial charge in [-0.2, -0.15) is 0 Å². The van der Waals surface area contributed by atoms with Crippen molar-refractivity contribution in [2.24, 2.45) is 0 Å². The van der Waals surface area contributed by atoms with Crippen LogP contribution >= 0.6 is 0 Å². The van der Waals surface area contributed by atoms with Crippen LogP contribution in [0.2, 0.25) is 0 Å². The van der Waals surface area contributed by atoms with Gasteiger partial charge in [0.2, 0.25) is 5.95 Å². The highest BCUT2D eigenvalue weighted by atomic mass is 16.1. The molecule has 5 nitrogen and oxygen atoms in total. The fourth-order valence-electron chi connectivity index (χ4n) is 2.41. The van der Waals surface area contributed by atoms with Crippen LogP contribution in [0.5, 0.6) is 0 Å². The average Bonchev–Trinajstić information content (AvgIpc) is 2.56. The Morgan fingerprint density at radius 1 is 1.10 bits per heavy atom. The zero-order valence-electron chi connectivity index (χ0n) is 11.1. The maximum atomic E-state index is 11.1. The minimum atomic E-state index is 0.716. The highest BCUT2D eigenvalue weighted by Gasteiger charge is 2.20. The molecule has 0 saturated carbocycles. The largest absolute Gasteiger partial charge is 0.367 e. The molecule has 20 heavy (non-hydrogen) atoms. The number of nitrogens with zero attached hydrogens (tertiary/aromatic N) is 4. The normalized spacial score (nSPS) is 15.2. The van der Waals surface area contributed by atoms with Crippen molar-refractivity contribution in [1.82, 2.24) is 9.97 Å². The van der Waals surface area contributed by atoms with Crippen LogP contribution in [0.15, 0.2) is 36.7 Å². The molecule has 0 unspecified atom stereocenters. The van der Waals surface area contributed by atoms with E-state index in [2.05, 4.69) is 25.8 Å². The summed E-state index contributed by atoms with van der Waals surface area (Å²) in [5.74, 6) is 0.766. The number of aldehydes is 1. The van der Waals surface area contributed by atoms with E-state index in [-0.39, 0.29) is 0 Å². The Kier molecular flexibility index (Phi) is 3.58. The molecule has 0 spiro atoms. The summed E-state index contributed by atoms with van der Waals surface area (Å²) in [5, 5.41) is 0. The van der Waals surface area contributed by atoms with Crippen LogP contribution in [0.25, 0.3) is 0 Å². The quantitative estimate of drug-likeness (QED) is 0.787. The Labute approximate surface area is 117 Å². The van der Waals surface area contributed by atoms with E-state index < -0.39 is 0 Å². The van der Waals surface area contributed by atoms with Gasteiger partial charge < -0.3 is 9.80 Å². The predicted molar refractivity (Wildman–Crippen MR) is 77.1 cm³/mol. The number of carbonyl (C=O) groups is 1. The molecule has 1 radical (unpaired) electrons. The van der Waals surface area contributed by atoms with Crippen LogP contribution in [0.3, 0.4) is 0 Å². The van der Waals surface area contributed by atoms with Crippen LogP contribution < -0.4 is 9.80 Å². The van der Waals surface area contributed by atoms with Crippen LogP contribution in [0, 0.1) is 6.07 Å². The molecule has 0 N–H and O–H groups in total. The lowest BCUT2D eigenvalue weighted by Gasteiger charge is -2.36. The molecule has 1 aliphatic heterocycles. The van der Waals surface area contributed by atoms with Gasteiger partial charge in [-0.05, 0) is 24.3 Å². The summed E-state index contributed by atoms with van der Waals surface area (Å²) < 4.78 is 0. The van der Waals surface area contributed by atoms with Gasteiger partial charge in [0.25, 0.3) is 0 Å². The van der Waals surface area contributed by atoms with Gasteiger partial charge in [-0.1, -0.05) is 6.07 Å². The van der Waals surface area contributed by atoms with Gasteiger partial charge in [0, 0.05) is 49.8 Å². The van der Waals surface area contributed by atoms with Gasteiger partial charge in [0.15, 0.2) is 6.29 Å². The zero-order valence-corrected chi connectivity index (χ0v) is 11.1. The lowest BCUT2D eigenvalue weighted by molar-refractivity contribution is 0.112. The maximum Gasteiger partial charge on any atom is 0.225 e. The SMILES string of the molecule is O=Cc1cc[c]cc1N1CCN(c2ncccn2)CC1. The Morgan fingerprint density at radius 3 is 2.50 bits per heavy atom. The highest BCUT2D eigenvalue weighted by Crippen LogP contribution is 2.21. The number of rotatable bonds is 3. The zero-order chi connectivity index (χ0) is 13.8. The molecule has 0 atom stereocenters. The van der Waals surface area contributed by atoms with Gasteiger partial charge >= 0.3 is 0 Å². The van der Waals surface area contributed by atoms with E-state index in [1.807, 2.05) is 12.1 Å². The highest BCUT2D eigenvalue weighted by molar-refractivity contribution is 5.84. The number of benzene rings is 1. The van der Waals surface area contributed by atoms with Crippen LogP contribution in [-0.2, 0) is 0 Å². The van der Waals surface area contributed by atoms with Gasteiger partial charge in [-0.25, -0.2) is 9.97 Å². The molecule has 0 aliphatic carbocycles. The van der Waals surface area contributed by atoms with Crippen LogP contribution in [0.4, 0.5) is 11.6 Å². The summed E-state index contributed by atoms with van der Waals surface area (Å²) in [6, 6.07) is 10.3. The minimum Gasteiger partial charge on any atom is -0.367 e. The van der Waals surface area contributed by atoms with Crippen molar-refractivity contribution in [3.63, 3.8) is 0 Å². The van der Waals surface area contributed by atoms with E-state index in [9.17, 15) is 4.79 Å². The molecule has 5 heteroatoms. The summed E-state index contributed by atoms with van der Waals surface area (Å²) in [5.41, 5.74) is 1.67. The Morgan fingerprint density at radius 2 is 1.80 bits per heavy atom. The molecule has 0 bridgehead atoms. The summed E-state index contributed by atoms with van der Waals surface area (Å²) >= 11 is 0. The summed E-state index contributed by atoms with van der Waals surface area (Å²) in [6.07, 6.45) is 4.41. The van der Waals surface area contributed by atoms with E-state index >= 15 is 0 Å². The van der Waals surface area contributed by atoms with Crippen molar-refractivity contribution in [2.45, 2.75) is 0 Å². The Balaban J connectivity index is 1.71. The molecule has 101 valence electrons. The second kappa shape index (κ2) is 5.69. The van der Waals surface area contributed by atoms with E-state index in [4.69, 9.17) is 0 Å². The number of carbonyl (C=O) groups excluding carboxylic acids is 1. The first-order valence-electron chi connectivity index (χ1n) is 6.60. The number of anilines is 2. The smallest absolute Gasteiger partial charge is 0.225 e. The second-order valence-corrected chi connectivity index (χ2v) is 4.63. The summed E-state index contributed by atoms with van der Waals surface area (Å²) in [4.78, 5) is 24.0. The molecule has 0 amide bonds. The molecule has 1 aromatic heterocycles. The number of aromatic nitrogens is 2. The molecule has 1 aliphatic rings. The lowest BCUT2D eigenvalue weighted by Crippen LogP contribution is -2.47. The van der Waals surface area contributed by atoms with Crippen molar-refractivity contribution < 1.29 is 4.79 Å². The van der Waals surface area contributed by atoms with Gasteiger partial charge in [0.1, 0.15) is 0 Å². The topological polar surface area (TPSA) is 49.3 Å². The first kappa shape index (κ1) is 12.6. The van der Waals surface area contributed by atoms with E-state index in [0.717, 1.165) is 44.1 Å². The molecule has 2 aromatic rings. The molecular weight excluding hydrogens is 252 g/mol. The van der Waals surface area contributed by atoms with Gasteiger partial charge in [-0.3, -0.25) is 4.79 Å². The third kappa shape index (κ3) is 2.47. The standard InChI is InChI=1S/C15H15N4O/c20-12-13-4-1-2-5-14(13)18-8-10-19(11-9-18)15-16-6-3-7-17-15/h1,3-7,12H,8-11H2. The predicted octanol–water partition coefficient (Wildman–Crippen LogP) is 1.42. The maximum absolute atomic E-state index is 11.1. The average molecular weight is 267 g/mol. The third-order valence-corrected chi connectivity index (χ3v) is 3.46. The third-order valence-electron chi connectivity index (χ3n) is 3.46. The van der Waals surface area contributed by atoms with Crippen molar-refractivity contribution in [1.29, 1.82) is 0 Å². The molecule has 1 fully saturated rings. The first-order valence-corrected chi connectivity index (χ1v) is 6.60.